The first kappa shape index (κ1) is 21.1. The highest BCUT2D eigenvalue weighted by molar-refractivity contribution is 7.98. The van der Waals surface area contributed by atoms with E-state index in [2.05, 4.69) is 37.0 Å². The van der Waals surface area contributed by atoms with Gasteiger partial charge in [-0.25, -0.2) is 4.79 Å². The van der Waals surface area contributed by atoms with Crippen LogP contribution in [-0.4, -0.2) is 20.7 Å². The Balaban J connectivity index is 1.87. The van der Waals surface area contributed by atoms with Crippen LogP contribution in [0.4, 0.5) is 0 Å². The van der Waals surface area contributed by atoms with Crippen molar-refractivity contribution in [3.8, 4) is 0 Å². The summed E-state index contributed by atoms with van der Waals surface area (Å²) in [6, 6.07) is 7.52. The molecule has 3 aromatic rings. The van der Waals surface area contributed by atoms with E-state index < -0.39 is 0 Å². The third-order valence-corrected chi connectivity index (χ3v) is 5.61. The van der Waals surface area contributed by atoms with Crippen molar-refractivity contribution in [3.05, 3.63) is 51.6 Å². The van der Waals surface area contributed by atoms with Gasteiger partial charge in [-0.1, -0.05) is 44.7 Å². The highest BCUT2D eigenvalue weighted by atomic mass is 32.2. The molecule has 7 nitrogen and oxygen atoms in total. The Kier molecular flexibility index (Phi) is 6.74. The van der Waals surface area contributed by atoms with Crippen LogP contribution in [0, 0.1) is 5.92 Å². The number of fused-ring (bicyclic) bond motifs is 1. The number of aryl methyl sites for hydroxylation is 2. The minimum Gasteiger partial charge on any atom is -0.423 e. The Bertz CT molecular complexity index is 1070. The lowest BCUT2D eigenvalue weighted by Crippen LogP contribution is -2.15. The summed E-state index contributed by atoms with van der Waals surface area (Å²) in [4.78, 5) is 23.2. The Hall–Kier alpha value is -2.61. The van der Waals surface area contributed by atoms with E-state index in [-0.39, 0.29) is 18.0 Å². The lowest BCUT2D eigenvalue weighted by Gasteiger charge is -2.12. The molecule has 0 atom stereocenters. The number of benzene rings is 1. The molecule has 3 rings (SSSR count). The number of nitrogens with two attached hydrogens (primary N) is 1. The summed E-state index contributed by atoms with van der Waals surface area (Å²) in [5, 5.41) is 10.3. The number of aromatic nitrogens is 3. The Morgan fingerprint density at radius 1 is 1.28 bits per heavy atom. The van der Waals surface area contributed by atoms with Gasteiger partial charge in [0.1, 0.15) is 11.4 Å². The molecule has 8 heteroatoms. The number of primary amides is 1. The van der Waals surface area contributed by atoms with Crippen molar-refractivity contribution in [2.45, 2.75) is 57.5 Å². The van der Waals surface area contributed by atoms with Crippen molar-refractivity contribution < 1.29 is 9.21 Å². The molecule has 154 valence electrons. The fraction of sp³-hybridized carbons (Fsp3) is 0.429. The molecule has 0 aliphatic carbocycles. The van der Waals surface area contributed by atoms with Crippen LogP contribution in [0.3, 0.4) is 0 Å². The number of thioether (sulfide) groups is 1. The molecule has 0 aliphatic heterocycles. The predicted octanol–water partition coefficient (Wildman–Crippen LogP) is 3.31. The van der Waals surface area contributed by atoms with E-state index in [4.69, 9.17) is 10.2 Å². The average molecular weight is 415 g/mol. The molecule has 1 aromatic carbocycles. The van der Waals surface area contributed by atoms with Gasteiger partial charge >= 0.3 is 5.63 Å². The van der Waals surface area contributed by atoms with Gasteiger partial charge in [0.2, 0.25) is 5.91 Å². The summed E-state index contributed by atoms with van der Waals surface area (Å²) in [5.41, 5.74) is 7.57. The van der Waals surface area contributed by atoms with E-state index in [9.17, 15) is 9.59 Å². The molecule has 1 amide bonds. The number of hydrogen-bond acceptors (Lipinski definition) is 6. The number of nitrogens with zero attached hydrogens (tertiary/aromatic N) is 3. The van der Waals surface area contributed by atoms with Crippen LogP contribution in [0.2, 0.25) is 0 Å². The first-order valence-electron chi connectivity index (χ1n) is 9.76. The largest absolute Gasteiger partial charge is 0.423 e. The summed E-state index contributed by atoms with van der Waals surface area (Å²) in [6.45, 7) is 7.05. The Labute approximate surface area is 173 Å². The minimum absolute atomic E-state index is 0.241. The van der Waals surface area contributed by atoms with E-state index in [1.807, 2.05) is 16.7 Å². The van der Waals surface area contributed by atoms with E-state index in [1.165, 1.54) is 17.8 Å². The molecule has 0 unspecified atom stereocenters. The highest BCUT2D eigenvalue weighted by Crippen LogP contribution is 2.27. The van der Waals surface area contributed by atoms with Gasteiger partial charge in [-0.3, -0.25) is 4.79 Å². The van der Waals surface area contributed by atoms with Gasteiger partial charge in [-0.2, -0.15) is 0 Å². The van der Waals surface area contributed by atoms with E-state index in [0.717, 1.165) is 40.5 Å². The molecule has 0 saturated heterocycles. The lowest BCUT2D eigenvalue weighted by molar-refractivity contribution is -0.118. The number of carbonyl (C=O) groups excluding carboxylic acids is 1. The highest BCUT2D eigenvalue weighted by Gasteiger charge is 2.16. The monoisotopic (exact) mass is 414 g/mol. The molecule has 0 spiro atoms. The second-order valence-corrected chi connectivity index (χ2v) is 8.38. The summed E-state index contributed by atoms with van der Waals surface area (Å²) in [6.07, 6.45) is 1.59. The maximum atomic E-state index is 12.0. The van der Waals surface area contributed by atoms with Gasteiger partial charge in [0, 0.05) is 36.6 Å². The van der Waals surface area contributed by atoms with Crippen LogP contribution in [0.15, 0.2) is 38.6 Å². The van der Waals surface area contributed by atoms with Gasteiger partial charge in [-0.05, 0) is 29.5 Å². The first-order chi connectivity index (χ1) is 13.9. The van der Waals surface area contributed by atoms with Crippen LogP contribution in [0.25, 0.3) is 11.0 Å². The topological polar surface area (TPSA) is 104 Å². The molecule has 0 fully saturated rings. The normalized spacial score (nSPS) is 11.4. The zero-order chi connectivity index (χ0) is 21.0. The summed E-state index contributed by atoms with van der Waals surface area (Å²) in [5.74, 6) is 1.37. The van der Waals surface area contributed by atoms with Crippen LogP contribution >= 0.6 is 11.8 Å². The minimum atomic E-state index is -0.354. The van der Waals surface area contributed by atoms with Crippen molar-refractivity contribution in [1.82, 2.24) is 14.8 Å². The standard InChI is InChI=1S/C21H26N4O3S/c1-4-14-5-6-16-15(10-20(27)28-17(16)9-14)12-29-21-24-23-19(8-7-18(22)26)25(21)11-13(2)3/h5-6,9-10,13H,4,7-8,11-12H2,1-3H3,(H2,22,26). The molecular formula is C21H26N4O3S. The van der Waals surface area contributed by atoms with Crippen molar-refractivity contribution in [2.75, 3.05) is 0 Å². The van der Waals surface area contributed by atoms with E-state index >= 15 is 0 Å². The second kappa shape index (κ2) is 9.26. The smallest absolute Gasteiger partial charge is 0.336 e. The lowest BCUT2D eigenvalue weighted by atomic mass is 10.1. The molecule has 0 saturated carbocycles. The average Bonchev–Trinajstić information content (AvgIpc) is 3.04. The van der Waals surface area contributed by atoms with Gasteiger partial charge in [0.05, 0.1) is 0 Å². The molecule has 2 heterocycles. The number of amides is 1. The second-order valence-electron chi connectivity index (χ2n) is 7.43. The van der Waals surface area contributed by atoms with Gasteiger partial charge in [0.15, 0.2) is 5.16 Å². The summed E-state index contributed by atoms with van der Waals surface area (Å²) < 4.78 is 7.43. The molecule has 2 N–H and O–H groups in total. The van der Waals surface area contributed by atoms with Crippen molar-refractivity contribution in [2.24, 2.45) is 11.7 Å². The molecule has 0 radical (unpaired) electrons. The van der Waals surface area contributed by atoms with Crippen LogP contribution < -0.4 is 11.4 Å². The number of carbonyl (C=O) groups is 1. The van der Waals surface area contributed by atoms with Gasteiger partial charge in [0.25, 0.3) is 0 Å². The van der Waals surface area contributed by atoms with Crippen LogP contribution in [0.5, 0.6) is 0 Å². The Morgan fingerprint density at radius 2 is 2.07 bits per heavy atom. The van der Waals surface area contributed by atoms with Crippen molar-refractivity contribution in [1.29, 1.82) is 0 Å². The van der Waals surface area contributed by atoms with E-state index in [1.54, 1.807) is 0 Å². The predicted molar refractivity (Wildman–Crippen MR) is 114 cm³/mol. The zero-order valence-electron chi connectivity index (χ0n) is 17.0. The maximum absolute atomic E-state index is 12.0. The quantitative estimate of drug-likeness (QED) is 0.425. The van der Waals surface area contributed by atoms with Gasteiger partial charge < -0.3 is 14.7 Å². The molecule has 0 bridgehead atoms. The third kappa shape index (κ3) is 5.26. The molecule has 0 aliphatic rings. The summed E-state index contributed by atoms with van der Waals surface area (Å²) in [7, 11) is 0. The number of rotatable bonds is 9. The van der Waals surface area contributed by atoms with Crippen molar-refractivity contribution >= 4 is 28.6 Å². The van der Waals surface area contributed by atoms with Crippen LogP contribution in [0.1, 0.15) is 44.1 Å². The Morgan fingerprint density at radius 3 is 2.76 bits per heavy atom. The van der Waals surface area contributed by atoms with E-state index in [0.29, 0.717) is 23.7 Å². The third-order valence-electron chi connectivity index (χ3n) is 4.60. The maximum Gasteiger partial charge on any atom is 0.336 e. The fourth-order valence-electron chi connectivity index (χ4n) is 3.15. The van der Waals surface area contributed by atoms with Gasteiger partial charge in [-0.15, -0.1) is 10.2 Å². The number of hydrogen-bond donors (Lipinski definition) is 1. The van der Waals surface area contributed by atoms with Crippen LogP contribution in [-0.2, 0) is 29.9 Å². The summed E-state index contributed by atoms with van der Waals surface area (Å²) >= 11 is 1.52. The fourth-order valence-corrected chi connectivity index (χ4v) is 4.11. The zero-order valence-corrected chi connectivity index (χ0v) is 17.8. The molecule has 2 aromatic heterocycles. The first-order valence-corrected chi connectivity index (χ1v) is 10.7. The molecular weight excluding hydrogens is 388 g/mol. The SMILES string of the molecule is CCc1ccc2c(CSc3nnc(CCC(N)=O)n3CC(C)C)cc(=O)oc2c1. The van der Waals surface area contributed by atoms with Crippen molar-refractivity contribution in [3.63, 3.8) is 0 Å². The molecule has 29 heavy (non-hydrogen) atoms.